The minimum Gasteiger partial charge on any atom is -0.352 e. The van der Waals surface area contributed by atoms with E-state index in [1.807, 2.05) is 24.3 Å². The monoisotopic (exact) mass is 257 g/mol. The van der Waals surface area contributed by atoms with E-state index in [0.29, 0.717) is 24.4 Å². The maximum Gasteiger partial charge on any atom is 0.251 e. The number of carbonyl (C=O) groups is 1. The fourth-order valence-electron chi connectivity index (χ4n) is 1.85. The van der Waals surface area contributed by atoms with Crippen molar-refractivity contribution in [2.24, 2.45) is 0 Å². The molecular weight excluding hydrogens is 238 g/mol. The molecule has 0 saturated heterocycles. The summed E-state index contributed by atoms with van der Waals surface area (Å²) in [6, 6.07) is 7.76. The van der Waals surface area contributed by atoms with Crippen molar-refractivity contribution in [1.82, 2.24) is 15.3 Å². The van der Waals surface area contributed by atoms with Crippen LogP contribution in [0.25, 0.3) is 0 Å². The van der Waals surface area contributed by atoms with Crippen LogP contribution >= 0.6 is 0 Å². The van der Waals surface area contributed by atoms with E-state index in [-0.39, 0.29) is 5.91 Å². The van der Waals surface area contributed by atoms with Crippen LogP contribution in [0.4, 0.5) is 0 Å². The highest BCUT2D eigenvalue weighted by Crippen LogP contribution is 2.14. The molecule has 0 unspecified atom stereocenters. The van der Waals surface area contributed by atoms with E-state index in [9.17, 15) is 4.79 Å². The molecule has 0 fully saturated rings. The van der Waals surface area contributed by atoms with E-state index in [4.69, 9.17) is 0 Å². The van der Waals surface area contributed by atoms with Crippen LogP contribution in [0.15, 0.2) is 36.7 Å². The zero-order chi connectivity index (χ0) is 13.7. The van der Waals surface area contributed by atoms with Gasteiger partial charge in [-0.2, -0.15) is 0 Å². The maximum absolute atomic E-state index is 11.9. The SMILES string of the molecule is CC(C)c1ccc(C(=O)NCCc2ncc[nH]2)cc1. The molecule has 0 atom stereocenters. The van der Waals surface area contributed by atoms with Gasteiger partial charge in [-0.25, -0.2) is 4.98 Å². The van der Waals surface area contributed by atoms with Crippen LogP contribution in [0.2, 0.25) is 0 Å². The molecule has 4 nitrogen and oxygen atoms in total. The van der Waals surface area contributed by atoms with Gasteiger partial charge in [-0.1, -0.05) is 26.0 Å². The summed E-state index contributed by atoms with van der Waals surface area (Å²) in [5.41, 5.74) is 1.94. The lowest BCUT2D eigenvalue weighted by Crippen LogP contribution is -2.25. The molecule has 1 heterocycles. The summed E-state index contributed by atoms with van der Waals surface area (Å²) in [5.74, 6) is 1.33. The molecule has 0 radical (unpaired) electrons. The first-order valence-electron chi connectivity index (χ1n) is 6.53. The van der Waals surface area contributed by atoms with Crippen LogP contribution < -0.4 is 5.32 Å². The first kappa shape index (κ1) is 13.3. The summed E-state index contributed by atoms with van der Waals surface area (Å²) in [4.78, 5) is 19.0. The average molecular weight is 257 g/mol. The molecule has 2 N–H and O–H groups in total. The molecule has 1 amide bonds. The highest BCUT2D eigenvalue weighted by atomic mass is 16.1. The number of nitrogens with one attached hydrogen (secondary N) is 2. The molecule has 0 bridgehead atoms. The number of H-pyrrole nitrogens is 1. The summed E-state index contributed by atoms with van der Waals surface area (Å²) in [7, 11) is 0. The number of aromatic nitrogens is 2. The third-order valence-corrected chi connectivity index (χ3v) is 3.04. The lowest BCUT2D eigenvalue weighted by molar-refractivity contribution is 0.0954. The van der Waals surface area contributed by atoms with Gasteiger partial charge in [0.1, 0.15) is 5.82 Å². The van der Waals surface area contributed by atoms with E-state index in [0.717, 1.165) is 5.82 Å². The van der Waals surface area contributed by atoms with Crippen LogP contribution in [0.5, 0.6) is 0 Å². The van der Waals surface area contributed by atoms with Gasteiger partial charge < -0.3 is 10.3 Å². The molecule has 19 heavy (non-hydrogen) atoms. The summed E-state index contributed by atoms with van der Waals surface area (Å²) < 4.78 is 0. The summed E-state index contributed by atoms with van der Waals surface area (Å²) >= 11 is 0. The van der Waals surface area contributed by atoms with E-state index in [1.165, 1.54) is 5.56 Å². The van der Waals surface area contributed by atoms with Crippen LogP contribution in [-0.4, -0.2) is 22.4 Å². The number of carbonyl (C=O) groups excluding carboxylic acids is 1. The molecule has 100 valence electrons. The molecule has 2 aromatic rings. The van der Waals surface area contributed by atoms with Crippen molar-refractivity contribution in [2.45, 2.75) is 26.2 Å². The lowest BCUT2D eigenvalue weighted by Gasteiger charge is -2.07. The van der Waals surface area contributed by atoms with Crippen LogP contribution in [-0.2, 0) is 6.42 Å². The normalized spacial score (nSPS) is 10.7. The quantitative estimate of drug-likeness (QED) is 0.864. The van der Waals surface area contributed by atoms with E-state index in [2.05, 4.69) is 29.1 Å². The Morgan fingerprint density at radius 3 is 2.63 bits per heavy atom. The third kappa shape index (κ3) is 3.68. The minimum absolute atomic E-state index is 0.0399. The summed E-state index contributed by atoms with van der Waals surface area (Å²) in [5, 5.41) is 2.89. The van der Waals surface area contributed by atoms with Gasteiger partial charge in [0.05, 0.1) is 0 Å². The van der Waals surface area contributed by atoms with Gasteiger partial charge in [-0.05, 0) is 23.6 Å². The van der Waals surface area contributed by atoms with Gasteiger partial charge in [-0.15, -0.1) is 0 Å². The van der Waals surface area contributed by atoms with E-state index < -0.39 is 0 Å². The van der Waals surface area contributed by atoms with Crippen LogP contribution in [0, 0.1) is 0 Å². The van der Waals surface area contributed by atoms with Crippen LogP contribution in [0.3, 0.4) is 0 Å². The smallest absolute Gasteiger partial charge is 0.251 e. The van der Waals surface area contributed by atoms with E-state index >= 15 is 0 Å². The number of benzene rings is 1. The van der Waals surface area contributed by atoms with Gasteiger partial charge in [0, 0.05) is 30.9 Å². The fraction of sp³-hybridized carbons (Fsp3) is 0.333. The highest BCUT2D eigenvalue weighted by Gasteiger charge is 2.06. The number of imidazole rings is 1. The number of nitrogens with zero attached hydrogens (tertiary/aromatic N) is 1. The van der Waals surface area contributed by atoms with Gasteiger partial charge in [-0.3, -0.25) is 4.79 Å². The second-order valence-electron chi connectivity index (χ2n) is 4.82. The number of hydrogen-bond donors (Lipinski definition) is 2. The first-order valence-corrected chi connectivity index (χ1v) is 6.53. The Balaban J connectivity index is 1.85. The van der Waals surface area contributed by atoms with Crippen molar-refractivity contribution in [3.63, 3.8) is 0 Å². The minimum atomic E-state index is -0.0399. The Kier molecular flexibility index (Phi) is 4.34. The second-order valence-corrected chi connectivity index (χ2v) is 4.82. The summed E-state index contributed by atoms with van der Waals surface area (Å²) in [6.45, 7) is 4.86. The number of hydrogen-bond acceptors (Lipinski definition) is 2. The average Bonchev–Trinajstić information content (AvgIpc) is 2.92. The zero-order valence-electron chi connectivity index (χ0n) is 11.3. The van der Waals surface area contributed by atoms with Crippen molar-refractivity contribution in [2.75, 3.05) is 6.54 Å². The molecule has 0 aliphatic heterocycles. The number of amides is 1. The van der Waals surface area contributed by atoms with Gasteiger partial charge in [0.15, 0.2) is 0 Å². The molecule has 4 heteroatoms. The topological polar surface area (TPSA) is 57.8 Å². The summed E-state index contributed by atoms with van der Waals surface area (Å²) in [6.07, 6.45) is 4.20. The molecular formula is C15H19N3O. The second kappa shape index (κ2) is 6.18. The maximum atomic E-state index is 11.9. The molecule has 0 aliphatic carbocycles. The zero-order valence-corrected chi connectivity index (χ0v) is 11.3. The van der Waals surface area contributed by atoms with Crippen molar-refractivity contribution in [3.05, 3.63) is 53.6 Å². The van der Waals surface area contributed by atoms with Gasteiger partial charge in [0.25, 0.3) is 5.91 Å². The third-order valence-electron chi connectivity index (χ3n) is 3.04. The van der Waals surface area contributed by atoms with Gasteiger partial charge >= 0.3 is 0 Å². The molecule has 2 rings (SSSR count). The van der Waals surface area contributed by atoms with Crippen molar-refractivity contribution in [3.8, 4) is 0 Å². The molecule has 1 aromatic heterocycles. The molecule has 1 aromatic carbocycles. The highest BCUT2D eigenvalue weighted by molar-refractivity contribution is 5.94. The Hall–Kier alpha value is -2.10. The Morgan fingerprint density at radius 2 is 2.05 bits per heavy atom. The van der Waals surface area contributed by atoms with Gasteiger partial charge in [0.2, 0.25) is 0 Å². The molecule has 0 saturated carbocycles. The van der Waals surface area contributed by atoms with Crippen LogP contribution in [0.1, 0.15) is 41.5 Å². The Morgan fingerprint density at radius 1 is 1.32 bits per heavy atom. The predicted molar refractivity (Wildman–Crippen MR) is 75.2 cm³/mol. The molecule has 0 spiro atoms. The largest absolute Gasteiger partial charge is 0.352 e. The first-order chi connectivity index (χ1) is 9.16. The lowest BCUT2D eigenvalue weighted by atomic mass is 10.0. The number of rotatable bonds is 5. The van der Waals surface area contributed by atoms with E-state index in [1.54, 1.807) is 12.4 Å². The Labute approximate surface area is 113 Å². The number of aromatic amines is 1. The fourth-order valence-corrected chi connectivity index (χ4v) is 1.85. The van der Waals surface area contributed by atoms with Crippen molar-refractivity contribution < 1.29 is 4.79 Å². The van der Waals surface area contributed by atoms with Crippen molar-refractivity contribution >= 4 is 5.91 Å². The Bertz CT molecular complexity index is 515. The predicted octanol–water partition coefficient (Wildman–Crippen LogP) is 2.51. The standard InChI is InChI=1S/C15H19N3O/c1-11(2)12-3-5-13(6-4-12)15(19)18-8-7-14-16-9-10-17-14/h3-6,9-11H,7-8H2,1-2H3,(H,16,17)(H,18,19). The van der Waals surface area contributed by atoms with Crippen molar-refractivity contribution in [1.29, 1.82) is 0 Å². The molecule has 0 aliphatic rings.